The first kappa shape index (κ1) is 14.5. The van der Waals surface area contributed by atoms with Gasteiger partial charge in [-0.2, -0.15) is 0 Å². The third-order valence-electron chi connectivity index (χ3n) is 3.49. The Kier molecular flexibility index (Phi) is 4.21. The highest BCUT2D eigenvalue weighted by molar-refractivity contribution is 5.92. The summed E-state index contributed by atoms with van der Waals surface area (Å²) in [6.07, 6.45) is -1.10. The van der Waals surface area contributed by atoms with Crippen LogP contribution < -0.4 is 0 Å². The van der Waals surface area contributed by atoms with Crippen LogP contribution in [0.3, 0.4) is 0 Å². The van der Waals surface area contributed by atoms with E-state index in [1.807, 2.05) is 13.0 Å². The van der Waals surface area contributed by atoms with Gasteiger partial charge < -0.3 is 23.7 Å². The van der Waals surface area contributed by atoms with Crippen molar-refractivity contribution in [2.75, 3.05) is 33.5 Å². The summed E-state index contributed by atoms with van der Waals surface area (Å²) in [7, 11) is 1.35. The van der Waals surface area contributed by atoms with Crippen LogP contribution in [0, 0.1) is 6.92 Å². The van der Waals surface area contributed by atoms with Gasteiger partial charge in [-0.1, -0.05) is 6.07 Å². The molecule has 1 aromatic carbocycles. The summed E-state index contributed by atoms with van der Waals surface area (Å²) < 4.78 is 27.2. The van der Waals surface area contributed by atoms with Gasteiger partial charge in [0.15, 0.2) is 12.6 Å². The summed E-state index contributed by atoms with van der Waals surface area (Å²) in [5.41, 5.74) is 2.75. The lowest BCUT2D eigenvalue weighted by molar-refractivity contribution is -0.0642. The molecule has 2 saturated heterocycles. The summed E-state index contributed by atoms with van der Waals surface area (Å²) >= 11 is 0. The lowest BCUT2D eigenvalue weighted by Crippen LogP contribution is -2.16. The third kappa shape index (κ3) is 2.80. The van der Waals surface area contributed by atoms with Crippen molar-refractivity contribution in [3.63, 3.8) is 0 Å². The average molecular weight is 294 g/mol. The molecule has 0 atom stereocenters. The number of aryl methyl sites for hydroxylation is 1. The van der Waals surface area contributed by atoms with Gasteiger partial charge in [-0.3, -0.25) is 0 Å². The Bertz CT molecular complexity index is 529. The molecular weight excluding hydrogens is 276 g/mol. The van der Waals surface area contributed by atoms with Crippen LogP contribution in [0.25, 0.3) is 0 Å². The predicted molar refractivity (Wildman–Crippen MR) is 71.8 cm³/mol. The summed E-state index contributed by atoms with van der Waals surface area (Å²) in [5.74, 6) is -0.424. The van der Waals surface area contributed by atoms with E-state index >= 15 is 0 Å². The molecule has 114 valence electrons. The Labute approximate surface area is 122 Å². The second kappa shape index (κ2) is 6.11. The molecule has 0 spiro atoms. The quantitative estimate of drug-likeness (QED) is 0.793. The van der Waals surface area contributed by atoms with Crippen LogP contribution >= 0.6 is 0 Å². The van der Waals surface area contributed by atoms with Crippen molar-refractivity contribution in [1.82, 2.24) is 0 Å². The van der Waals surface area contributed by atoms with E-state index in [2.05, 4.69) is 0 Å². The molecule has 0 radical (unpaired) electrons. The molecular formula is C15H18O6. The molecule has 2 fully saturated rings. The number of carbonyl (C=O) groups is 1. The molecule has 0 aromatic heterocycles. The zero-order valence-electron chi connectivity index (χ0n) is 12.1. The first-order chi connectivity index (χ1) is 10.2. The van der Waals surface area contributed by atoms with Crippen LogP contribution in [-0.2, 0) is 23.7 Å². The van der Waals surface area contributed by atoms with E-state index in [4.69, 9.17) is 23.7 Å². The van der Waals surface area contributed by atoms with E-state index in [1.54, 1.807) is 6.07 Å². The largest absolute Gasteiger partial charge is 0.465 e. The van der Waals surface area contributed by atoms with Crippen LogP contribution in [-0.4, -0.2) is 39.5 Å². The fourth-order valence-corrected chi connectivity index (χ4v) is 2.63. The highest BCUT2D eigenvalue weighted by Gasteiger charge is 2.32. The van der Waals surface area contributed by atoms with Gasteiger partial charge in [-0.05, 0) is 18.6 Å². The number of ether oxygens (including phenoxy) is 5. The van der Waals surface area contributed by atoms with Crippen LogP contribution in [0.2, 0.25) is 0 Å². The Morgan fingerprint density at radius 1 is 1.05 bits per heavy atom. The van der Waals surface area contributed by atoms with Gasteiger partial charge in [0.05, 0.1) is 39.1 Å². The maximum absolute atomic E-state index is 12.1. The maximum atomic E-state index is 12.1. The summed E-state index contributed by atoms with van der Waals surface area (Å²) in [5, 5.41) is 0. The van der Waals surface area contributed by atoms with Crippen LogP contribution in [0.1, 0.15) is 39.6 Å². The normalized spacial score (nSPS) is 20.1. The molecule has 6 heteroatoms. The van der Waals surface area contributed by atoms with Crippen LogP contribution in [0.5, 0.6) is 0 Å². The number of methoxy groups -OCH3 is 1. The van der Waals surface area contributed by atoms with Gasteiger partial charge in [0, 0.05) is 11.1 Å². The fraction of sp³-hybridized carbons (Fsp3) is 0.533. The Hall–Kier alpha value is -1.47. The molecule has 3 rings (SSSR count). The minimum atomic E-state index is -0.595. The first-order valence-corrected chi connectivity index (χ1v) is 6.90. The SMILES string of the molecule is COC(=O)c1cc(C)cc(C2OCCO2)c1C1OCCO1. The highest BCUT2D eigenvalue weighted by atomic mass is 16.7. The van der Waals surface area contributed by atoms with Crippen LogP contribution in [0.4, 0.5) is 0 Å². The predicted octanol–water partition coefficient (Wildman–Crippen LogP) is 1.87. The molecule has 0 N–H and O–H groups in total. The lowest BCUT2D eigenvalue weighted by Gasteiger charge is -2.21. The van der Waals surface area contributed by atoms with Crippen molar-refractivity contribution in [2.24, 2.45) is 0 Å². The molecule has 1 aromatic rings. The molecule has 0 amide bonds. The molecule has 6 nitrogen and oxygen atoms in total. The molecule has 2 aliphatic rings. The minimum absolute atomic E-state index is 0.424. The number of carbonyl (C=O) groups excluding carboxylic acids is 1. The molecule has 2 aliphatic heterocycles. The fourth-order valence-electron chi connectivity index (χ4n) is 2.63. The van der Waals surface area contributed by atoms with E-state index < -0.39 is 18.5 Å². The second-order valence-electron chi connectivity index (χ2n) is 4.95. The molecule has 0 bridgehead atoms. The number of hydrogen-bond donors (Lipinski definition) is 0. The summed E-state index contributed by atoms with van der Waals surface area (Å²) in [6, 6.07) is 3.70. The molecule has 0 unspecified atom stereocenters. The maximum Gasteiger partial charge on any atom is 0.338 e. The standard InChI is InChI=1S/C15H18O6/c1-9-7-10(13(16)17-2)12(15-20-5-6-21-15)11(8-9)14-18-3-4-19-14/h7-8,14-15H,3-6H2,1-2H3. The first-order valence-electron chi connectivity index (χ1n) is 6.90. The van der Waals surface area contributed by atoms with E-state index in [-0.39, 0.29) is 0 Å². The Balaban J connectivity index is 2.11. The van der Waals surface area contributed by atoms with Gasteiger partial charge in [-0.25, -0.2) is 4.79 Å². The molecule has 0 saturated carbocycles. The number of esters is 1. The van der Waals surface area contributed by atoms with Crippen LogP contribution in [0.15, 0.2) is 12.1 Å². The van der Waals surface area contributed by atoms with E-state index in [1.165, 1.54) is 7.11 Å². The van der Waals surface area contributed by atoms with Crippen molar-refractivity contribution < 1.29 is 28.5 Å². The molecule has 0 aliphatic carbocycles. The molecule has 2 heterocycles. The number of hydrogen-bond acceptors (Lipinski definition) is 6. The smallest absolute Gasteiger partial charge is 0.338 e. The van der Waals surface area contributed by atoms with Gasteiger partial charge >= 0.3 is 5.97 Å². The van der Waals surface area contributed by atoms with Crippen molar-refractivity contribution in [2.45, 2.75) is 19.5 Å². The summed E-state index contributed by atoms with van der Waals surface area (Å²) in [6.45, 7) is 3.94. The topological polar surface area (TPSA) is 63.2 Å². The third-order valence-corrected chi connectivity index (χ3v) is 3.49. The van der Waals surface area contributed by atoms with Crippen molar-refractivity contribution in [3.8, 4) is 0 Å². The lowest BCUT2D eigenvalue weighted by atomic mass is 9.96. The highest BCUT2D eigenvalue weighted by Crippen LogP contribution is 2.37. The minimum Gasteiger partial charge on any atom is -0.465 e. The van der Waals surface area contributed by atoms with Crippen molar-refractivity contribution >= 4 is 5.97 Å². The molecule has 21 heavy (non-hydrogen) atoms. The Morgan fingerprint density at radius 2 is 1.62 bits per heavy atom. The van der Waals surface area contributed by atoms with Gasteiger partial charge in [-0.15, -0.1) is 0 Å². The number of rotatable bonds is 3. The van der Waals surface area contributed by atoms with E-state index in [0.717, 1.165) is 11.1 Å². The monoisotopic (exact) mass is 294 g/mol. The zero-order chi connectivity index (χ0) is 14.8. The second-order valence-corrected chi connectivity index (χ2v) is 4.95. The van der Waals surface area contributed by atoms with E-state index in [9.17, 15) is 4.79 Å². The Morgan fingerprint density at radius 3 is 2.19 bits per heavy atom. The van der Waals surface area contributed by atoms with Gasteiger partial charge in [0.2, 0.25) is 0 Å². The number of benzene rings is 1. The van der Waals surface area contributed by atoms with Crippen molar-refractivity contribution in [1.29, 1.82) is 0 Å². The zero-order valence-corrected chi connectivity index (χ0v) is 12.1. The van der Waals surface area contributed by atoms with Gasteiger partial charge in [0.25, 0.3) is 0 Å². The van der Waals surface area contributed by atoms with E-state index in [0.29, 0.717) is 37.6 Å². The van der Waals surface area contributed by atoms with Gasteiger partial charge in [0.1, 0.15) is 0 Å². The average Bonchev–Trinajstić information content (AvgIpc) is 3.18. The summed E-state index contributed by atoms with van der Waals surface area (Å²) in [4.78, 5) is 12.1. The van der Waals surface area contributed by atoms with Crippen molar-refractivity contribution in [3.05, 3.63) is 34.4 Å².